The third-order valence-electron chi connectivity index (χ3n) is 2.14. The van der Waals surface area contributed by atoms with Crippen LogP contribution in [0.3, 0.4) is 0 Å². The van der Waals surface area contributed by atoms with Gasteiger partial charge in [0.25, 0.3) is 0 Å². The quantitative estimate of drug-likeness (QED) is 0.663. The molecule has 0 radical (unpaired) electrons. The van der Waals surface area contributed by atoms with E-state index in [9.17, 15) is 0 Å². The second-order valence-corrected chi connectivity index (χ2v) is 3.09. The minimum absolute atomic E-state index is 0.990. The van der Waals surface area contributed by atoms with E-state index in [0.29, 0.717) is 0 Å². The van der Waals surface area contributed by atoms with Crippen LogP contribution >= 0.6 is 0 Å². The maximum atomic E-state index is 4.15. The van der Waals surface area contributed by atoms with Gasteiger partial charge in [-0.05, 0) is 18.5 Å². The molecular weight excluding hydrogens is 150 g/mol. The molecule has 3 nitrogen and oxygen atoms in total. The lowest BCUT2D eigenvalue weighted by Gasteiger charge is -2.11. The average Bonchev–Trinajstić information content (AvgIpc) is 2.54. The molecule has 0 spiro atoms. The van der Waals surface area contributed by atoms with E-state index in [0.717, 1.165) is 19.5 Å². The number of nitrogens with zero attached hydrogens (tertiary/aromatic N) is 2. The van der Waals surface area contributed by atoms with Crippen LogP contribution in [0.2, 0.25) is 0 Å². The van der Waals surface area contributed by atoms with Gasteiger partial charge in [0.15, 0.2) is 0 Å². The van der Waals surface area contributed by atoms with E-state index < -0.39 is 0 Å². The number of nitrogens with one attached hydrogen (secondary N) is 1. The molecule has 1 aromatic rings. The molecule has 0 aliphatic carbocycles. The van der Waals surface area contributed by atoms with E-state index in [-0.39, 0.29) is 0 Å². The van der Waals surface area contributed by atoms with Gasteiger partial charge >= 0.3 is 0 Å². The van der Waals surface area contributed by atoms with Crippen LogP contribution in [-0.4, -0.2) is 22.9 Å². The molecule has 2 heterocycles. The molecule has 0 amide bonds. The number of aryl methyl sites for hydroxylation is 1. The van der Waals surface area contributed by atoms with Crippen molar-refractivity contribution in [3.05, 3.63) is 24.0 Å². The molecule has 2 rings (SSSR count). The van der Waals surface area contributed by atoms with Gasteiger partial charge < -0.3 is 5.32 Å². The van der Waals surface area contributed by atoms with Crippen molar-refractivity contribution in [3.63, 3.8) is 0 Å². The Balaban J connectivity index is 2.23. The summed E-state index contributed by atoms with van der Waals surface area (Å²) in [5, 5.41) is 7.43. The third kappa shape index (κ3) is 1.41. The van der Waals surface area contributed by atoms with E-state index in [1.54, 1.807) is 0 Å². The first-order chi connectivity index (χ1) is 5.86. The molecule has 0 saturated carbocycles. The van der Waals surface area contributed by atoms with Gasteiger partial charge in [-0.2, -0.15) is 5.10 Å². The first-order valence-electron chi connectivity index (χ1n) is 4.25. The minimum Gasteiger partial charge on any atom is -0.313 e. The predicted octanol–water partition coefficient (Wildman–Crippen LogP) is 0.797. The standard InChI is InChI=1S/C9H13N3/c1-12-7-9(6-11-12)8-2-4-10-5-3-8/h2,6-7,10H,3-5H2,1H3. The van der Waals surface area contributed by atoms with Gasteiger partial charge in [0.05, 0.1) is 6.20 Å². The van der Waals surface area contributed by atoms with Gasteiger partial charge in [-0.15, -0.1) is 0 Å². The SMILES string of the molecule is Cn1cc(C2=CCNCC2)cn1. The Morgan fingerprint density at radius 1 is 1.58 bits per heavy atom. The van der Waals surface area contributed by atoms with Crippen molar-refractivity contribution in [2.24, 2.45) is 7.05 Å². The largest absolute Gasteiger partial charge is 0.313 e. The van der Waals surface area contributed by atoms with Crippen molar-refractivity contribution in [3.8, 4) is 0 Å². The fourth-order valence-electron chi connectivity index (χ4n) is 1.47. The molecule has 64 valence electrons. The molecule has 1 aromatic heterocycles. The molecule has 1 aliphatic rings. The smallest absolute Gasteiger partial charge is 0.0564 e. The summed E-state index contributed by atoms with van der Waals surface area (Å²) < 4.78 is 1.85. The Bertz CT molecular complexity index is 298. The zero-order valence-electron chi connectivity index (χ0n) is 7.25. The number of rotatable bonds is 1. The highest BCUT2D eigenvalue weighted by molar-refractivity contribution is 5.65. The second-order valence-electron chi connectivity index (χ2n) is 3.09. The van der Waals surface area contributed by atoms with Crippen LogP contribution in [-0.2, 0) is 7.05 Å². The van der Waals surface area contributed by atoms with Crippen molar-refractivity contribution < 1.29 is 0 Å². The van der Waals surface area contributed by atoms with Crippen LogP contribution in [0.5, 0.6) is 0 Å². The fraction of sp³-hybridized carbons (Fsp3) is 0.444. The summed E-state index contributed by atoms with van der Waals surface area (Å²) in [6.45, 7) is 2.07. The van der Waals surface area contributed by atoms with Crippen LogP contribution in [0, 0.1) is 0 Å². The van der Waals surface area contributed by atoms with Crippen LogP contribution in [0.4, 0.5) is 0 Å². The van der Waals surface area contributed by atoms with E-state index in [2.05, 4.69) is 22.7 Å². The van der Waals surface area contributed by atoms with Crippen molar-refractivity contribution in [1.82, 2.24) is 15.1 Å². The number of hydrogen-bond acceptors (Lipinski definition) is 2. The molecule has 3 heteroatoms. The van der Waals surface area contributed by atoms with Gasteiger partial charge in [0.1, 0.15) is 0 Å². The Hall–Kier alpha value is -1.09. The first kappa shape index (κ1) is 7.55. The summed E-state index contributed by atoms with van der Waals surface area (Å²) in [7, 11) is 1.95. The highest BCUT2D eigenvalue weighted by Gasteiger charge is 2.06. The third-order valence-corrected chi connectivity index (χ3v) is 2.14. The number of aromatic nitrogens is 2. The first-order valence-corrected chi connectivity index (χ1v) is 4.25. The van der Waals surface area contributed by atoms with E-state index >= 15 is 0 Å². The van der Waals surface area contributed by atoms with Gasteiger partial charge in [0, 0.05) is 25.4 Å². The van der Waals surface area contributed by atoms with Crippen molar-refractivity contribution >= 4 is 5.57 Å². The minimum atomic E-state index is 0.990. The molecule has 0 bridgehead atoms. The summed E-state index contributed by atoms with van der Waals surface area (Å²) in [4.78, 5) is 0. The molecule has 0 atom stereocenters. The summed E-state index contributed by atoms with van der Waals surface area (Å²) in [6, 6.07) is 0. The Morgan fingerprint density at radius 2 is 2.50 bits per heavy atom. The maximum absolute atomic E-state index is 4.15. The average molecular weight is 163 g/mol. The number of hydrogen-bond donors (Lipinski definition) is 1. The molecular formula is C9H13N3. The zero-order valence-corrected chi connectivity index (χ0v) is 7.25. The normalized spacial score (nSPS) is 17.6. The van der Waals surface area contributed by atoms with Gasteiger partial charge in [-0.3, -0.25) is 4.68 Å². The topological polar surface area (TPSA) is 29.9 Å². The van der Waals surface area contributed by atoms with Gasteiger partial charge in [0.2, 0.25) is 0 Å². The van der Waals surface area contributed by atoms with Crippen molar-refractivity contribution in [1.29, 1.82) is 0 Å². The Labute approximate surface area is 72.1 Å². The van der Waals surface area contributed by atoms with E-state index in [4.69, 9.17) is 0 Å². The van der Waals surface area contributed by atoms with Crippen LogP contribution in [0.15, 0.2) is 18.5 Å². The highest BCUT2D eigenvalue weighted by atomic mass is 15.2. The fourth-order valence-corrected chi connectivity index (χ4v) is 1.47. The Morgan fingerprint density at radius 3 is 3.08 bits per heavy atom. The summed E-state index contributed by atoms with van der Waals surface area (Å²) >= 11 is 0. The van der Waals surface area contributed by atoms with Crippen molar-refractivity contribution in [2.45, 2.75) is 6.42 Å². The summed E-state index contributed by atoms with van der Waals surface area (Å²) in [6.07, 6.45) is 7.35. The second kappa shape index (κ2) is 3.11. The molecule has 12 heavy (non-hydrogen) atoms. The lowest BCUT2D eigenvalue weighted by atomic mass is 10.0. The summed E-state index contributed by atoms with van der Waals surface area (Å²) in [5.41, 5.74) is 2.68. The van der Waals surface area contributed by atoms with Crippen LogP contribution < -0.4 is 5.32 Å². The van der Waals surface area contributed by atoms with Crippen molar-refractivity contribution in [2.75, 3.05) is 13.1 Å². The lowest BCUT2D eigenvalue weighted by molar-refractivity contribution is 0.738. The van der Waals surface area contributed by atoms with Gasteiger partial charge in [-0.1, -0.05) is 6.08 Å². The summed E-state index contributed by atoms with van der Waals surface area (Å²) in [5.74, 6) is 0. The van der Waals surface area contributed by atoms with Crippen LogP contribution in [0.1, 0.15) is 12.0 Å². The molecule has 1 N–H and O–H groups in total. The Kier molecular flexibility index (Phi) is 1.96. The highest BCUT2D eigenvalue weighted by Crippen LogP contribution is 2.17. The predicted molar refractivity (Wildman–Crippen MR) is 48.7 cm³/mol. The molecule has 0 saturated heterocycles. The molecule has 0 unspecified atom stereocenters. The van der Waals surface area contributed by atoms with Gasteiger partial charge in [-0.25, -0.2) is 0 Å². The maximum Gasteiger partial charge on any atom is 0.0564 e. The van der Waals surface area contributed by atoms with Crippen LogP contribution in [0.25, 0.3) is 5.57 Å². The lowest BCUT2D eigenvalue weighted by Crippen LogP contribution is -2.19. The molecule has 0 aromatic carbocycles. The zero-order chi connectivity index (χ0) is 8.39. The molecule has 0 fully saturated rings. The van der Waals surface area contributed by atoms with E-state index in [1.165, 1.54) is 11.1 Å². The monoisotopic (exact) mass is 163 g/mol. The molecule has 1 aliphatic heterocycles. The van der Waals surface area contributed by atoms with E-state index in [1.807, 2.05) is 17.9 Å².